The number of carbonyl (C=O) groups is 2. The van der Waals surface area contributed by atoms with Crippen molar-refractivity contribution in [2.24, 2.45) is 0 Å². The van der Waals surface area contributed by atoms with Crippen molar-refractivity contribution in [3.63, 3.8) is 0 Å². The fourth-order valence-corrected chi connectivity index (χ4v) is 5.19. The quantitative estimate of drug-likeness (QED) is 0.0739. The summed E-state index contributed by atoms with van der Waals surface area (Å²) in [7, 11) is 0. The van der Waals surface area contributed by atoms with Crippen molar-refractivity contribution in [2.45, 2.75) is 63.7 Å². The number of carbonyl (C=O) groups excluding carboxylic acids is 1. The van der Waals surface area contributed by atoms with Crippen LogP contribution in [0, 0.1) is 0 Å². The Kier molecular flexibility index (Phi) is 10.2. The van der Waals surface area contributed by atoms with Crippen LogP contribution in [0.15, 0.2) is 66.7 Å². The van der Waals surface area contributed by atoms with E-state index in [9.17, 15) is 14.7 Å². The molecule has 0 bridgehead atoms. The zero-order chi connectivity index (χ0) is 28.3. The van der Waals surface area contributed by atoms with Gasteiger partial charge in [-0.15, -0.1) is 0 Å². The van der Waals surface area contributed by atoms with Crippen molar-refractivity contribution < 1.29 is 24.2 Å². The Bertz CT molecular complexity index is 1310. The highest BCUT2D eigenvalue weighted by molar-refractivity contribution is 5.92. The number of carboxylic acid groups (broad SMARTS) is 1. The van der Waals surface area contributed by atoms with Crippen molar-refractivity contribution in [2.75, 3.05) is 18.1 Å². The van der Waals surface area contributed by atoms with E-state index < -0.39 is 11.9 Å². The van der Waals surface area contributed by atoms with E-state index in [4.69, 9.17) is 20.9 Å². The number of anilines is 2. The molecule has 0 amide bonds. The number of rotatable bonds is 12. The van der Waals surface area contributed by atoms with Gasteiger partial charge in [0.15, 0.2) is 0 Å². The van der Waals surface area contributed by atoms with E-state index in [0.29, 0.717) is 41.6 Å². The third-order valence-corrected chi connectivity index (χ3v) is 7.34. The summed E-state index contributed by atoms with van der Waals surface area (Å²) in [5, 5.41) is 9.41. The number of unbranched alkanes of at least 4 members (excludes halogenated alkanes) is 2. The fraction of sp³-hybridized carbons (Fsp3) is 0.333. The van der Waals surface area contributed by atoms with Crippen LogP contribution < -0.4 is 20.9 Å². The van der Waals surface area contributed by atoms with Gasteiger partial charge in [-0.05, 0) is 104 Å². The Morgan fingerprint density at radius 1 is 0.875 bits per heavy atom. The molecule has 3 aromatic rings. The van der Waals surface area contributed by atoms with Gasteiger partial charge in [-0.25, -0.2) is 9.59 Å². The average Bonchev–Trinajstić information content (AvgIpc) is 2.96. The van der Waals surface area contributed by atoms with E-state index in [1.54, 1.807) is 12.1 Å². The normalized spacial score (nSPS) is 13.8. The van der Waals surface area contributed by atoms with E-state index in [-0.39, 0.29) is 5.56 Å². The van der Waals surface area contributed by atoms with Crippen LogP contribution in [0.5, 0.6) is 11.5 Å². The summed E-state index contributed by atoms with van der Waals surface area (Å²) in [5.74, 6) is 0.485. The van der Waals surface area contributed by atoms with Gasteiger partial charge in [0.2, 0.25) is 0 Å². The van der Waals surface area contributed by atoms with E-state index in [1.165, 1.54) is 49.8 Å². The second-order valence-electron chi connectivity index (χ2n) is 10.3. The summed E-state index contributed by atoms with van der Waals surface area (Å²) >= 11 is 0. The summed E-state index contributed by atoms with van der Waals surface area (Å²) in [6.45, 7) is 0.546. The highest BCUT2D eigenvalue weighted by Crippen LogP contribution is 2.33. The number of hydrogen-bond acceptors (Lipinski definition) is 6. The van der Waals surface area contributed by atoms with Gasteiger partial charge in [0.1, 0.15) is 11.5 Å². The lowest BCUT2D eigenvalue weighted by Gasteiger charge is -2.21. The van der Waals surface area contributed by atoms with E-state index >= 15 is 0 Å². The zero-order valence-electron chi connectivity index (χ0n) is 22.8. The molecule has 0 saturated heterocycles. The maximum Gasteiger partial charge on any atom is 0.336 e. The molecule has 0 heterocycles. The molecular weight excluding hydrogens is 504 g/mol. The van der Waals surface area contributed by atoms with Crippen LogP contribution in [-0.4, -0.2) is 23.7 Å². The van der Waals surface area contributed by atoms with Crippen molar-refractivity contribution >= 4 is 29.4 Å². The summed E-state index contributed by atoms with van der Waals surface area (Å²) in [5.41, 5.74) is 15.5. The van der Waals surface area contributed by atoms with Crippen molar-refractivity contribution in [1.82, 2.24) is 0 Å². The minimum Gasteiger partial charge on any atom is -0.494 e. The molecule has 0 aromatic heterocycles. The molecule has 1 saturated carbocycles. The van der Waals surface area contributed by atoms with Crippen LogP contribution in [0.1, 0.15) is 84.3 Å². The third kappa shape index (κ3) is 8.37. The number of ether oxygens (including phenoxy) is 2. The Balaban J connectivity index is 1.16. The van der Waals surface area contributed by atoms with Gasteiger partial charge < -0.3 is 26.0 Å². The topological polar surface area (TPSA) is 125 Å². The maximum atomic E-state index is 12.3. The first-order valence-corrected chi connectivity index (χ1v) is 14.0. The first-order chi connectivity index (χ1) is 19.4. The Morgan fingerprint density at radius 3 is 2.27 bits per heavy atom. The van der Waals surface area contributed by atoms with Crippen molar-refractivity contribution in [3.05, 3.63) is 89.0 Å². The molecule has 40 heavy (non-hydrogen) atoms. The SMILES string of the molecule is Nc1cc(N)c(CCCCCOc2ccc(/C=C/C(=O)Oc3ccc(C4CCCCC4)cc3)cc2)c(C(=O)O)c1. The lowest BCUT2D eigenvalue weighted by molar-refractivity contribution is -0.128. The molecule has 4 rings (SSSR count). The van der Waals surface area contributed by atoms with Gasteiger partial charge in [0.25, 0.3) is 0 Å². The second kappa shape index (κ2) is 14.2. The monoisotopic (exact) mass is 542 g/mol. The van der Waals surface area contributed by atoms with Gasteiger partial charge in [-0.1, -0.05) is 43.5 Å². The summed E-state index contributed by atoms with van der Waals surface area (Å²) in [4.78, 5) is 23.8. The number of esters is 1. The van der Waals surface area contributed by atoms with E-state index in [1.807, 2.05) is 36.4 Å². The summed E-state index contributed by atoms with van der Waals surface area (Å²) < 4.78 is 11.3. The van der Waals surface area contributed by atoms with Crippen LogP contribution in [0.2, 0.25) is 0 Å². The molecule has 0 atom stereocenters. The summed E-state index contributed by atoms with van der Waals surface area (Å²) in [6, 6.07) is 18.5. The number of nitrogens with two attached hydrogens (primary N) is 2. The van der Waals surface area contributed by atoms with Gasteiger partial charge >= 0.3 is 11.9 Å². The number of hydrogen-bond donors (Lipinski definition) is 3. The van der Waals surface area contributed by atoms with Crippen LogP contribution >= 0.6 is 0 Å². The van der Waals surface area contributed by atoms with Crippen LogP contribution in [-0.2, 0) is 11.2 Å². The highest BCUT2D eigenvalue weighted by atomic mass is 16.5. The van der Waals surface area contributed by atoms with Gasteiger partial charge in [-0.3, -0.25) is 0 Å². The van der Waals surface area contributed by atoms with Crippen molar-refractivity contribution in [1.29, 1.82) is 0 Å². The largest absolute Gasteiger partial charge is 0.494 e. The van der Waals surface area contributed by atoms with Crippen LogP contribution in [0.25, 0.3) is 6.08 Å². The van der Waals surface area contributed by atoms with E-state index in [0.717, 1.165) is 30.6 Å². The standard InChI is InChI=1S/C33H38N2O5/c34-26-21-30(33(37)38)29(31(35)22-26)9-5-2-6-20-39-27-15-10-23(11-16-27)12-19-32(36)40-28-17-13-25(14-18-28)24-7-3-1-4-8-24/h10-19,21-22,24H,1-9,20,34-35H2,(H,37,38)/b19-12+. The summed E-state index contributed by atoms with van der Waals surface area (Å²) in [6.07, 6.45) is 12.6. The molecule has 3 aromatic carbocycles. The fourth-order valence-electron chi connectivity index (χ4n) is 5.19. The molecule has 7 nitrogen and oxygen atoms in total. The first-order valence-electron chi connectivity index (χ1n) is 14.0. The number of benzene rings is 3. The van der Waals surface area contributed by atoms with Gasteiger partial charge in [0, 0.05) is 17.5 Å². The molecule has 0 aliphatic heterocycles. The van der Waals surface area contributed by atoms with Crippen LogP contribution in [0.3, 0.4) is 0 Å². The molecule has 1 aliphatic carbocycles. The molecule has 1 fully saturated rings. The molecule has 7 heteroatoms. The lowest BCUT2D eigenvalue weighted by atomic mass is 9.84. The minimum atomic E-state index is -1.02. The van der Waals surface area contributed by atoms with E-state index in [2.05, 4.69) is 12.1 Å². The molecule has 0 radical (unpaired) electrons. The molecule has 0 spiro atoms. The molecular formula is C33H38N2O5. The maximum absolute atomic E-state index is 12.3. The molecule has 1 aliphatic rings. The number of aromatic carboxylic acids is 1. The van der Waals surface area contributed by atoms with Crippen LogP contribution in [0.4, 0.5) is 11.4 Å². The van der Waals surface area contributed by atoms with Gasteiger partial charge in [0.05, 0.1) is 12.2 Å². The third-order valence-electron chi connectivity index (χ3n) is 7.34. The number of nitrogen functional groups attached to an aromatic ring is 2. The Hall–Kier alpha value is -4.26. The van der Waals surface area contributed by atoms with Gasteiger partial charge in [-0.2, -0.15) is 0 Å². The first kappa shape index (κ1) is 28.7. The average molecular weight is 543 g/mol. The zero-order valence-corrected chi connectivity index (χ0v) is 22.8. The molecule has 5 N–H and O–H groups in total. The number of carboxylic acids is 1. The molecule has 0 unspecified atom stereocenters. The minimum absolute atomic E-state index is 0.166. The predicted octanol–water partition coefficient (Wildman–Crippen LogP) is 7.01. The Morgan fingerprint density at radius 2 is 1.57 bits per heavy atom. The lowest BCUT2D eigenvalue weighted by Crippen LogP contribution is -2.08. The predicted molar refractivity (Wildman–Crippen MR) is 159 cm³/mol. The van der Waals surface area contributed by atoms with Crippen molar-refractivity contribution in [3.8, 4) is 11.5 Å². The smallest absolute Gasteiger partial charge is 0.336 e. The highest BCUT2D eigenvalue weighted by Gasteiger charge is 2.16. The second-order valence-corrected chi connectivity index (χ2v) is 10.3. The Labute approximate surface area is 235 Å². The molecule has 210 valence electrons.